The van der Waals surface area contributed by atoms with E-state index in [9.17, 15) is 4.79 Å². The van der Waals surface area contributed by atoms with Crippen molar-refractivity contribution in [1.29, 1.82) is 0 Å². The van der Waals surface area contributed by atoms with Gasteiger partial charge in [0.2, 0.25) is 0 Å². The van der Waals surface area contributed by atoms with Crippen LogP contribution in [0.15, 0.2) is 36.7 Å². The van der Waals surface area contributed by atoms with Crippen LogP contribution in [0.5, 0.6) is 5.75 Å². The highest BCUT2D eigenvalue weighted by atomic mass is 16.5. The summed E-state index contributed by atoms with van der Waals surface area (Å²) in [6.07, 6.45) is 3.24. The highest BCUT2D eigenvalue weighted by Crippen LogP contribution is 2.31. The topological polar surface area (TPSA) is 106 Å². The van der Waals surface area contributed by atoms with E-state index in [4.69, 9.17) is 10.5 Å². The molecule has 7 nitrogen and oxygen atoms in total. The van der Waals surface area contributed by atoms with Crippen LogP contribution in [0, 0.1) is 0 Å². The van der Waals surface area contributed by atoms with E-state index >= 15 is 0 Å². The summed E-state index contributed by atoms with van der Waals surface area (Å²) in [7, 11) is 0. The number of benzene rings is 1. The van der Waals surface area contributed by atoms with Gasteiger partial charge in [0.1, 0.15) is 12.4 Å². The minimum absolute atomic E-state index is 0.127. The van der Waals surface area contributed by atoms with Crippen LogP contribution >= 0.6 is 0 Å². The molecule has 1 aliphatic heterocycles. The summed E-state index contributed by atoms with van der Waals surface area (Å²) in [5, 5.41) is 10.3. The quantitative estimate of drug-likeness (QED) is 0.666. The number of fused-ring (bicyclic) bond motifs is 2. The Balaban J connectivity index is 1.64. The van der Waals surface area contributed by atoms with Gasteiger partial charge in [0.15, 0.2) is 5.65 Å². The van der Waals surface area contributed by atoms with Gasteiger partial charge in [-0.05, 0) is 18.2 Å². The Morgan fingerprint density at radius 2 is 2.32 bits per heavy atom. The first-order valence-electron chi connectivity index (χ1n) is 6.84. The number of carbonyl (C=O) groups excluding carboxylic acids is 1. The molecule has 0 saturated carbocycles. The molecule has 0 bridgehead atoms. The Morgan fingerprint density at radius 3 is 3.23 bits per heavy atom. The maximum Gasteiger partial charge on any atom is 0.255 e. The van der Waals surface area contributed by atoms with Crippen molar-refractivity contribution >= 4 is 22.6 Å². The summed E-state index contributed by atoms with van der Waals surface area (Å²) >= 11 is 0. The van der Waals surface area contributed by atoms with Gasteiger partial charge >= 0.3 is 0 Å². The van der Waals surface area contributed by atoms with Crippen LogP contribution in [0.4, 0.5) is 5.69 Å². The van der Waals surface area contributed by atoms with Crippen molar-refractivity contribution in [3.63, 3.8) is 0 Å². The maximum absolute atomic E-state index is 12.4. The summed E-state index contributed by atoms with van der Waals surface area (Å²) in [5.41, 5.74) is 8.63. The van der Waals surface area contributed by atoms with Gasteiger partial charge in [0, 0.05) is 17.3 Å². The van der Waals surface area contributed by atoms with Crippen LogP contribution in [-0.4, -0.2) is 27.7 Å². The lowest BCUT2D eigenvalue weighted by Gasteiger charge is -2.07. The number of rotatable bonds is 2. The zero-order valence-corrected chi connectivity index (χ0v) is 11.5. The summed E-state index contributed by atoms with van der Waals surface area (Å²) < 4.78 is 5.48. The molecule has 0 aliphatic carbocycles. The third-order valence-corrected chi connectivity index (χ3v) is 3.70. The zero-order valence-electron chi connectivity index (χ0n) is 11.5. The molecule has 2 aromatic heterocycles. The molecule has 22 heavy (non-hydrogen) atoms. The SMILES string of the molecule is N[C@H]1COc2cc(C(=O)Nc3ccnc4[nH]ncc34)ccc21. The molecule has 0 fully saturated rings. The summed E-state index contributed by atoms with van der Waals surface area (Å²) in [6, 6.07) is 6.90. The molecule has 7 heteroatoms. The van der Waals surface area contributed by atoms with Gasteiger partial charge < -0.3 is 15.8 Å². The first-order valence-corrected chi connectivity index (χ1v) is 6.84. The van der Waals surface area contributed by atoms with Crippen molar-refractivity contribution < 1.29 is 9.53 Å². The number of aromatic nitrogens is 3. The lowest BCUT2D eigenvalue weighted by atomic mass is 10.1. The molecule has 0 radical (unpaired) electrons. The number of amides is 1. The Kier molecular flexibility index (Phi) is 2.80. The summed E-state index contributed by atoms with van der Waals surface area (Å²) in [6.45, 7) is 0.445. The second-order valence-electron chi connectivity index (χ2n) is 5.12. The van der Waals surface area contributed by atoms with Crippen molar-refractivity contribution in [3.05, 3.63) is 47.8 Å². The van der Waals surface area contributed by atoms with Gasteiger partial charge in [0.25, 0.3) is 5.91 Å². The molecule has 1 aliphatic rings. The molecule has 1 amide bonds. The largest absolute Gasteiger partial charge is 0.491 e. The normalized spacial score (nSPS) is 16.3. The van der Waals surface area contributed by atoms with Gasteiger partial charge in [-0.15, -0.1) is 0 Å². The Bertz CT molecular complexity index is 873. The number of nitrogens with zero attached hydrogens (tertiary/aromatic N) is 2. The first kappa shape index (κ1) is 12.8. The Hall–Kier alpha value is -2.93. The number of aromatic amines is 1. The van der Waals surface area contributed by atoms with Gasteiger partial charge in [-0.1, -0.05) is 6.07 Å². The van der Waals surface area contributed by atoms with Crippen LogP contribution < -0.4 is 15.8 Å². The van der Waals surface area contributed by atoms with Crippen molar-refractivity contribution in [2.45, 2.75) is 6.04 Å². The molecule has 0 spiro atoms. The third kappa shape index (κ3) is 1.99. The maximum atomic E-state index is 12.4. The zero-order chi connectivity index (χ0) is 15.1. The van der Waals surface area contributed by atoms with E-state index in [1.807, 2.05) is 6.07 Å². The summed E-state index contributed by atoms with van der Waals surface area (Å²) in [5.74, 6) is 0.448. The van der Waals surface area contributed by atoms with E-state index in [-0.39, 0.29) is 11.9 Å². The Labute approximate surface area is 125 Å². The van der Waals surface area contributed by atoms with E-state index in [2.05, 4.69) is 20.5 Å². The third-order valence-electron chi connectivity index (χ3n) is 3.70. The number of anilines is 1. The van der Waals surface area contributed by atoms with Crippen LogP contribution in [0.2, 0.25) is 0 Å². The second-order valence-corrected chi connectivity index (χ2v) is 5.12. The Morgan fingerprint density at radius 1 is 1.41 bits per heavy atom. The van der Waals surface area contributed by atoms with Gasteiger partial charge in [-0.25, -0.2) is 4.98 Å². The highest BCUT2D eigenvalue weighted by Gasteiger charge is 2.22. The molecule has 110 valence electrons. The number of pyridine rings is 1. The average molecular weight is 295 g/mol. The monoisotopic (exact) mass is 295 g/mol. The van der Waals surface area contributed by atoms with E-state index in [1.54, 1.807) is 30.6 Å². The van der Waals surface area contributed by atoms with Crippen molar-refractivity contribution in [1.82, 2.24) is 15.2 Å². The minimum atomic E-state index is -0.222. The lowest BCUT2D eigenvalue weighted by Crippen LogP contribution is -2.12. The van der Waals surface area contributed by atoms with E-state index in [0.29, 0.717) is 29.3 Å². The van der Waals surface area contributed by atoms with Crippen molar-refractivity contribution in [2.24, 2.45) is 5.73 Å². The number of hydrogen-bond acceptors (Lipinski definition) is 5. The number of nitrogens with one attached hydrogen (secondary N) is 2. The molecule has 1 aromatic carbocycles. The molecular formula is C15H13N5O2. The number of nitrogens with two attached hydrogens (primary N) is 1. The molecule has 3 aromatic rings. The number of carbonyl (C=O) groups is 1. The molecule has 3 heterocycles. The first-order chi connectivity index (χ1) is 10.7. The molecule has 0 saturated heterocycles. The second kappa shape index (κ2) is 4.81. The number of hydrogen-bond donors (Lipinski definition) is 3. The lowest BCUT2D eigenvalue weighted by molar-refractivity contribution is 0.102. The summed E-state index contributed by atoms with van der Waals surface area (Å²) in [4.78, 5) is 16.5. The van der Waals surface area contributed by atoms with Crippen LogP contribution in [0.25, 0.3) is 11.0 Å². The highest BCUT2D eigenvalue weighted by molar-refractivity contribution is 6.08. The van der Waals surface area contributed by atoms with Gasteiger partial charge in [-0.2, -0.15) is 5.10 Å². The van der Waals surface area contributed by atoms with Crippen LogP contribution in [0.3, 0.4) is 0 Å². The smallest absolute Gasteiger partial charge is 0.255 e. The predicted molar refractivity (Wildman–Crippen MR) is 80.7 cm³/mol. The van der Waals surface area contributed by atoms with Crippen molar-refractivity contribution in [2.75, 3.05) is 11.9 Å². The van der Waals surface area contributed by atoms with Gasteiger partial charge in [-0.3, -0.25) is 9.89 Å². The molecule has 0 unspecified atom stereocenters. The predicted octanol–water partition coefficient (Wildman–Crippen LogP) is 1.60. The number of ether oxygens (including phenoxy) is 1. The van der Waals surface area contributed by atoms with Crippen LogP contribution in [-0.2, 0) is 0 Å². The van der Waals surface area contributed by atoms with E-state index in [0.717, 1.165) is 10.9 Å². The molecule has 4 rings (SSSR count). The average Bonchev–Trinajstić information content (AvgIpc) is 3.14. The van der Waals surface area contributed by atoms with Gasteiger partial charge in [0.05, 0.1) is 23.3 Å². The molecule has 4 N–H and O–H groups in total. The fraction of sp³-hybridized carbons (Fsp3) is 0.133. The fourth-order valence-corrected chi connectivity index (χ4v) is 2.53. The van der Waals surface area contributed by atoms with Crippen LogP contribution in [0.1, 0.15) is 22.0 Å². The fourth-order valence-electron chi connectivity index (χ4n) is 2.53. The van der Waals surface area contributed by atoms with Crippen molar-refractivity contribution in [3.8, 4) is 5.75 Å². The molecular weight excluding hydrogens is 282 g/mol. The van der Waals surface area contributed by atoms with E-state index < -0.39 is 0 Å². The minimum Gasteiger partial charge on any atom is -0.491 e. The van der Waals surface area contributed by atoms with E-state index in [1.165, 1.54) is 0 Å². The number of H-pyrrole nitrogens is 1. The standard InChI is InChI=1S/C15H13N5O2/c16-11-7-22-13-5-8(1-2-9(11)13)15(21)19-12-3-4-17-14-10(12)6-18-20-14/h1-6,11H,7,16H2,(H2,17,18,19,20,21)/t11-/m0/s1. The molecule has 1 atom stereocenters.